The summed E-state index contributed by atoms with van der Waals surface area (Å²) >= 11 is 0. The number of ketones is 1. The van der Waals surface area contributed by atoms with Crippen LogP contribution < -0.4 is 4.74 Å². The maximum absolute atomic E-state index is 12.5. The van der Waals surface area contributed by atoms with Gasteiger partial charge in [0.05, 0.1) is 11.1 Å². The van der Waals surface area contributed by atoms with Gasteiger partial charge in [0.25, 0.3) is 0 Å². The molecule has 136 valence electrons. The third kappa shape index (κ3) is 3.11. The molecule has 0 radical (unpaired) electrons. The van der Waals surface area contributed by atoms with Crippen LogP contribution in [0.1, 0.15) is 54.7 Å². The summed E-state index contributed by atoms with van der Waals surface area (Å²) in [6, 6.07) is 2.59. The van der Waals surface area contributed by atoms with Crippen molar-refractivity contribution in [2.24, 2.45) is 0 Å². The van der Waals surface area contributed by atoms with Crippen LogP contribution in [0.15, 0.2) is 12.1 Å². The molecule has 7 nitrogen and oxygen atoms in total. The fourth-order valence-electron chi connectivity index (χ4n) is 2.74. The van der Waals surface area contributed by atoms with Gasteiger partial charge in [0, 0.05) is 5.56 Å². The van der Waals surface area contributed by atoms with Crippen LogP contribution in [0.4, 0.5) is 0 Å². The fourth-order valence-corrected chi connectivity index (χ4v) is 2.74. The average Bonchev–Trinajstić information content (AvgIpc) is 2.51. The van der Waals surface area contributed by atoms with Crippen LogP contribution in [-0.2, 0) is 0 Å². The minimum absolute atomic E-state index is 0.00882. The second-order valence-corrected chi connectivity index (χ2v) is 5.95. The number of benzene rings is 2. The van der Waals surface area contributed by atoms with Crippen molar-refractivity contribution in [3.8, 4) is 23.0 Å². The molecule has 0 saturated heterocycles. The van der Waals surface area contributed by atoms with Crippen LogP contribution in [-0.4, -0.2) is 33.4 Å². The number of aldehydes is 1. The largest absolute Gasteiger partial charge is 0.507 e. The van der Waals surface area contributed by atoms with Crippen molar-refractivity contribution in [1.82, 2.24) is 0 Å². The number of aromatic hydroxyl groups is 3. The molecule has 0 unspecified atom stereocenters. The number of phenolic OH excluding ortho intramolecular Hbond substituents is 3. The van der Waals surface area contributed by atoms with Crippen LogP contribution in [0.25, 0.3) is 0 Å². The molecule has 0 aromatic heterocycles. The molecule has 0 spiro atoms. The number of esters is 1. The van der Waals surface area contributed by atoms with Crippen LogP contribution in [0, 0.1) is 20.8 Å². The Labute approximate surface area is 149 Å². The molecule has 0 atom stereocenters. The molecule has 0 aliphatic rings. The van der Waals surface area contributed by atoms with Gasteiger partial charge in [0.2, 0.25) is 0 Å². The van der Waals surface area contributed by atoms with Gasteiger partial charge in [-0.3, -0.25) is 9.59 Å². The standard InChI is InChI=1S/C19H18O7/c1-8-5-13(22)12(7-20)18(24)16(8)19(25)26-14-6-9(2)15(11(4)21)17(23)10(14)3/h5-7,22-24H,1-4H3. The number of ether oxygens (including phenoxy) is 1. The van der Waals surface area contributed by atoms with Gasteiger partial charge in [-0.25, -0.2) is 4.79 Å². The minimum atomic E-state index is -0.972. The van der Waals surface area contributed by atoms with Crippen molar-refractivity contribution in [2.45, 2.75) is 27.7 Å². The summed E-state index contributed by atoms with van der Waals surface area (Å²) in [5.41, 5.74) is 0.232. The third-order valence-electron chi connectivity index (χ3n) is 4.10. The van der Waals surface area contributed by atoms with E-state index < -0.39 is 23.0 Å². The van der Waals surface area contributed by atoms with E-state index in [1.807, 2.05) is 0 Å². The zero-order chi connectivity index (χ0) is 19.8. The lowest BCUT2D eigenvalue weighted by Crippen LogP contribution is -2.13. The summed E-state index contributed by atoms with van der Waals surface area (Å²) in [5, 5.41) is 30.0. The number of carbonyl (C=O) groups is 3. The van der Waals surface area contributed by atoms with E-state index in [0.717, 1.165) is 6.07 Å². The van der Waals surface area contributed by atoms with E-state index in [4.69, 9.17) is 4.74 Å². The van der Waals surface area contributed by atoms with Gasteiger partial charge in [-0.2, -0.15) is 0 Å². The van der Waals surface area contributed by atoms with Crippen molar-refractivity contribution >= 4 is 18.0 Å². The highest BCUT2D eigenvalue weighted by molar-refractivity contribution is 6.01. The highest BCUT2D eigenvalue weighted by Gasteiger charge is 2.24. The number of rotatable bonds is 4. The highest BCUT2D eigenvalue weighted by atomic mass is 16.5. The van der Waals surface area contributed by atoms with E-state index in [-0.39, 0.29) is 45.8 Å². The number of phenols is 3. The Morgan fingerprint density at radius 3 is 2.08 bits per heavy atom. The molecule has 0 bridgehead atoms. The maximum atomic E-state index is 12.5. The molecular formula is C19H18O7. The molecule has 7 heteroatoms. The number of hydrogen-bond donors (Lipinski definition) is 3. The molecule has 3 N–H and O–H groups in total. The number of Topliss-reactive ketones (excluding diaryl/α,β-unsaturated/α-hetero) is 1. The Kier molecular flexibility index (Phi) is 5.02. The lowest BCUT2D eigenvalue weighted by atomic mass is 9.99. The van der Waals surface area contributed by atoms with Crippen LogP contribution in [0.2, 0.25) is 0 Å². The zero-order valence-electron chi connectivity index (χ0n) is 14.7. The summed E-state index contributed by atoms with van der Waals surface area (Å²) in [7, 11) is 0. The smallest absolute Gasteiger partial charge is 0.347 e. The summed E-state index contributed by atoms with van der Waals surface area (Å²) < 4.78 is 5.26. The van der Waals surface area contributed by atoms with Crippen molar-refractivity contribution in [2.75, 3.05) is 0 Å². The van der Waals surface area contributed by atoms with Crippen molar-refractivity contribution < 1.29 is 34.4 Å². The monoisotopic (exact) mass is 358 g/mol. The molecule has 0 fully saturated rings. The maximum Gasteiger partial charge on any atom is 0.347 e. The van der Waals surface area contributed by atoms with Gasteiger partial charge in [0.15, 0.2) is 12.1 Å². The molecule has 26 heavy (non-hydrogen) atoms. The van der Waals surface area contributed by atoms with E-state index in [9.17, 15) is 29.7 Å². The first-order chi connectivity index (χ1) is 12.1. The molecule has 2 aromatic rings. The van der Waals surface area contributed by atoms with Crippen molar-refractivity contribution in [3.05, 3.63) is 45.5 Å². The third-order valence-corrected chi connectivity index (χ3v) is 4.10. The summed E-state index contributed by atoms with van der Waals surface area (Å²) in [5.74, 6) is -2.73. The Morgan fingerprint density at radius 2 is 1.54 bits per heavy atom. The van der Waals surface area contributed by atoms with E-state index in [2.05, 4.69) is 0 Å². The van der Waals surface area contributed by atoms with Crippen LogP contribution >= 0.6 is 0 Å². The first kappa shape index (κ1) is 19.0. The molecule has 2 aromatic carbocycles. The molecular weight excluding hydrogens is 340 g/mol. The van der Waals surface area contributed by atoms with Gasteiger partial charge in [0.1, 0.15) is 28.6 Å². The number of aryl methyl sites for hydroxylation is 2. The zero-order valence-corrected chi connectivity index (χ0v) is 14.7. The molecule has 2 rings (SSSR count). The Morgan fingerprint density at radius 1 is 0.962 bits per heavy atom. The topological polar surface area (TPSA) is 121 Å². The summed E-state index contributed by atoms with van der Waals surface area (Å²) in [6.45, 7) is 5.83. The van der Waals surface area contributed by atoms with Crippen molar-refractivity contribution in [1.29, 1.82) is 0 Å². The van der Waals surface area contributed by atoms with Gasteiger partial charge in [-0.05, 0) is 51.0 Å². The van der Waals surface area contributed by atoms with Crippen LogP contribution in [0.5, 0.6) is 23.0 Å². The summed E-state index contributed by atoms with van der Waals surface area (Å²) in [6.07, 6.45) is 0.226. The van der Waals surface area contributed by atoms with E-state index in [1.54, 1.807) is 6.92 Å². The second kappa shape index (κ2) is 6.87. The molecule has 0 saturated carbocycles. The minimum Gasteiger partial charge on any atom is -0.507 e. The first-order valence-corrected chi connectivity index (χ1v) is 7.67. The lowest BCUT2D eigenvalue weighted by molar-refractivity contribution is 0.0729. The number of carbonyl (C=O) groups excluding carboxylic acids is 3. The molecule has 0 aliphatic carbocycles. The van der Waals surface area contributed by atoms with E-state index in [0.29, 0.717) is 5.56 Å². The van der Waals surface area contributed by atoms with Gasteiger partial charge >= 0.3 is 5.97 Å². The van der Waals surface area contributed by atoms with Gasteiger partial charge in [-0.1, -0.05) is 0 Å². The summed E-state index contributed by atoms with van der Waals surface area (Å²) in [4.78, 5) is 35.1. The lowest BCUT2D eigenvalue weighted by Gasteiger charge is -2.15. The Balaban J connectivity index is 2.53. The van der Waals surface area contributed by atoms with Gasteiger partial charge < -0.3 is 20.1 Å². The molecule has 0 heterocycles. The normalized spacial score (nSPS) is 10.5. The van der Waals surface area contributed by atoms with Crippen molar-refractivity contribution in [3.63, 3.8) is 0 Å². The highest BCUT2D eigenvalue weighted by Crippen LogP contribution is 2.36. The number of hydrogen-bond acceptors (Lipinski definition) is 7. The van der Waals surface area contributed by atoms with E-state index in [1.165, 1.54) is 26.8 Å². The quantitative estimate of drug-likeness (QED) is 0.332. The Hall–Kier alpha value is -3.35. The first-order valence-electron chi connectivity index (χ1n) is 7.67. The predicted octanol–water partition coefficient (Wildman–Crippen LogP) is 2.96. The van der Waals surface area contributed by atoms with Gasteiger partial charge in [-0.15, -0.1) is 0 Å². The second-order valence-electron chi connectivity index (χ2n) is 5.95. The molecule has 0 aliphatic heterocycles. The SMILES string of the molecule is CC(=O)c1c(C)cc(OC(=O)c2c(C)cc(O)c(C=O)c2O)c(C)c1O. The van der Waals surface area contributed by atoms with E-state index >= 15 is 0 Å². The molecule has 0 amide bonds. The predicted molar refractivity (Wildman–Crippen MR) is 92.4 cm³/mol. The average molecular weight is 358 g/mol. The van der Waals surface area contributed by atoms with Crippen LogP contribution in [0.3, 0.4) is 0 Å². The fraction of sp³-hybridized carbons (Fsp3) is 0.211. The Bertz CT molecular complexity index is 942.